The van der Waals surface area contributed by atoms with Crippen LogP contribution in [0.15, 0.2) is 97.1 Å². The van der Waals surface area contributed by atoms with Gasteiger partial charge in [0.15, 0.2) is 0 Å². The zero-order valence-electron chi connectivity index (χ0n) is 22.6. The standard InChI is InChI=1S/C33H31IN2O4/c1-33(2,3)25-15-13-24(14-16-25)30(37)35-28-18-17-26(34)20-27(28)31(38)36-29(32(39)40)19-21-9-11-23(12-10-21)22-7-5-4-6-8-22/h4-18,20,29H,19H2,1-3H3,(H,35,37)(H,36,38)(H,39,40)/t29-/m0/s1. The molecule has 204 valence electrons. The van der Waals surface area contributed by atoms with Gasteiger partial charge in [-0.05, 0) is 80.6 Å². The zero-order chi connectivity index (χ0) is 28.9. The quantitative estimate of drug-likeness (QED) is 0.181. The summed E-state index contributed by atoms with van der Waals surface area (Å²) < 4.78 is 0.777. The Morgan fingerprint density at radius 2 is 1.43 bits per heavy atom. The van der Waals surface area contributed by atoms with E-state index in [1.54, 1.807) is 30.3 Å². The molecule has 4 rings (SSSR count). The van der Waals surface area contributed by atoms with Crippen molar-refractivity contribution >= 4 is 46.1 Å². The molecular weight excluding hydrogens is 615 g/mol. The van der Waals surface area contributed by atoms with Gasteiger partial charge in [0.1, 0.15) is 6.04 Å². The lowest BCUT2D eigenvalue weighted by molar-refractivity contribution is -0.139. The van der Waals surface area contributed by atoms with E-state index in [2.05, 4.69) is 54.0 Å². The second-order valence-electron chi connectivity index (χ2n) is 10.6. The van der Waals surface area contributed by atoms with E-state index in [1.165, 1.54) is 0 Å². The van der Waals surface area contributed by atoms with Crippen molar-refractivity contribution in [2.24, 2.45) is 0 Å². The van der Waals surface area contributed by atoms with Gasteiger partial charge in [0, 0.05) is 15.6 Å². The van der Waals surface area contributed by atoms with Gasteiger partial charge in [-0.2, -0.15) is 0 Å². The van der Waals surface area contributed by atoms with Crippen molar-refractivity contribution in [2.45, 2.75) is 38.6 Å². The summed E-state index contributed by atoms with van der Waals surface area (Å²) >= 11 is 2.08. The normalized spacial score (nSPS) is 11.9. The Morgan fingerprint density at radius 1 is 0.800 bits per heavy atom. The lowest BCUT2D eigenvalue weighted by Crippen LogP contribution is -2.42. The molecule has 0 unspecified atom stereocenters. The molecular formula is C33H31IN2O4. The monoisotopic (exact) mass is 646 g/mol. The van der Waals surface area contributed by atoms with E-state index in [0.717, 1.165) is 25.8 Å². The second kappa shape index (κ2) is 12.5. The topological polar surface area (TPSA) is 95.5 Å². The van der Waals surface area contributed by atoms with Crippen LogP contribution in [-0.4, -0.2) is 28.9 Å². The van der Waals surface area contributed by atoms with Gasteiger partial charge in [-0.3, -0.25) is 9.59 Å². The summed E-state index contributed by atoms with van der Waals surface area (Å²) in [5.74, 6) is -2.08. The summed E-state index contributed by atoms with van der Waals surface area (Å²) in [6.45, 7) is 6.30. The number of amides is 2. The lowest BCUT2D eigenvalue weighted by atomic mass is 9.86. The molecule has 0 heterocycles. The average Bonchev–Trinajstić information content (AvgIpc) is 2.94. The van der Waals surface area contributed by atoms with Crippen LogP contribution in [0.4, 0.5) is 5.69 Å². The molecule has 4 aromatic rings. The van der Waals surface area contributed by atoms with Gasteiger partial charge in [0.25, 0.3) is 11.8 Å². The molecule has 0 bridgehead atoms. The molecule has 2 amide bonds. The molecule has 0 aliphatic carbocycles. The molecule has 0 aliphatic rings. The number of nitrogens with one attached hydrogen (secondary N) is 2. The van der Waals surface area contributed by atoms with Crippen LogP contribution in [0.2, 0.25) is 0 Å². The van der Waals surface area contributed by atoms with Crippen LogP contribution < -0.4 is 10.6 Å². The van der Waals surface area contributed by atoms with Crippen LogP contribution in [0.25, 0.3) is 11.1 Å². The largest absolute Gasteiger partial charge is 0.480 e. The number of hydrogen-bond acceptors (Lipinski definition) is 3. The summed E-state index contributed by atoms with van der Waals surface area (Å²) in [7, 11) is 0. The van der Waals surface area contributed by atoms with Gasteiger partial charge < -0.3 is 15.7 Å². The molecule has 6 nitrogen and oxygen atoms in total. The molecule has 40 heavy (non-hydrogen) atoms. The van der Waals surface area contributed by atoms with E-state index in [0.29, 0.717) is 11.3 Å². The van der Waals surface area contributed by atoms with Crippen molar-refractivity contribution in [3.8, 4) is 11.1 Å². The smallest absolute Gasteiger partial charge is 0.326 e. The fraction of sp³-hybridized carbons (Fsp3) is 0.182. The Labute approximate surface area is 248 Å². The highest BCUT2D eigenvalue weighted by atomic mass is 127. The van der Waals surface area contributed by atoms with E-state index >= 15 is 0 Å². The number of benzene rings is 4. The van der Waals surface area contributed by atoms with Crippen LogP contribution in [0.3, 0.4) is 0 Å². The van der Waals surface area contributed by atoms with Crippen LogP contribution in [0.5, 0.6) is 0 Å². The van der Waals surface area contributed by atoms with Gasteiger partial charge >= 0.3 is 5.97 Å². The fourth-order valence-corrected chi connectivity index (χ4v) is 4.76. The van der Waals surface area contributed by atoms with Crippen molar-refractivity contribution < 1.29 is 19.5 Å². The van der Waals surface area contributed by atoms with Gasteiger partial charge in [-0.15, -0.1) is 0 Å². The SMILES string of the molecule is CC(C)(C)c1ccc(C(=O)Nc2ccc(I)cc2C(=O)N[C@@H](Cc2ccc(-c3ccccc3)cc2)C(=O)O)cc1. The first-order valence-corrected chi connectivity index (χ1v) is 14.0. The molecule has 3 N–H and O–H groups in total. The molecule has 0 radical (unpaired) electrons. The van der Waals surface area contributed by atoms with E-state index in [9.17, 15) is 19.5 Å². The van der Waals surface area contributed by atoms with Gasteiger partial charge in [0.2, 0.25) is 0 Å². The van der Waals surface area contributed by atoms with Crippen molar-refractivity contribution in [3.63, 3.8) is 0 Å². The number of carbonyl (C=O) groups is 3. The van der Waals surface area contributed by atoms with Gasteiger partial charge in [-0.25, -0.2) is 4.79 Å². The van der Waals surface area contributed by atoms with Crippen LogP contribution in [0.1, 0.15) is 52.6 Å². The number of anilines is 1. The summed E-state index contributed by atoms with van der Waals surface area (Å²) in [4.78, 5) is 38.4. The third-order valence-electron chi connectivity index (χ3n) is 6.59. The Morgan fingerprint density at radius 3 is 2.02 bits per heavy atom. The Hall–Kier alpha value is -3.98. The minimum absolute atomic E-state index is 0.0407. The summed E-state index contributed by atoms with van der Waals surface area (Å²) in [5, 5.41) is 15.3. The fourth-order valence-electron chi connectivity index (χ4n) is 4.27. The predicted molar refractivity (Wildman–Crippen MR) is 167 cm³/mol. The first-order chi connectivity index (χ1) is 19.0. The van der Waals surface area contributed by atoms with Crippen molar-refractivity contribution in [2.75, 3.05) is 5.32 Å². The van der Waals surface area contributed by atoms with E-state index in [4.69, 9.17) is 0 Å². The maximum absolute atomic E-state index is 13.3. The summed E-state index contributed by atoms with van der Waals surface area (Å²) in [5.41, 5.74) is 4.89. The molecule has 0 spiro atoms. The maximum Gasteiger partial charge on any atom is 0.326 e. The lowest BCUT2D eigenvalue weighted by Gasteiger charge is -2.19. The molecule has 7 heteroatoms. The molecule has 0 aliphatic heterocycles. The number of carboxylic acids is 1. The molecule has 0 saturated heterocycles. The van der Waals surface area contributed by atoms with Gasteiger partial charge in [0.05, 0.1) is 11.3 Å². The van der Waals surface area contributed by atoms with Crippen LogP contribution >= 0.6 is 22.6 Å². The highest BCUT2D eigenvalue weighted by Crippen LogP contribution is 2.24. The molecule has 0 saturated carbocycles. The first-order valence-electron chi connectivity index (χ1n) is 12.9. The third kappa shape index (κ3) is 7.35. The minimum atomic E-state index is -1.15. The molecule has 0 fully saturated rings. The van der Waals surface area contributed by atoms with Gasteiger partial charge in [-0.1, -0.05) is 87.5 Å². The molecule has 0 aromatic heterocycles. The number of carboxylic acid groups (broad SMARTS) is 1. The summed E-state index contributed by atoms with van der Waals surface area (Å²) in [6.07, 6.45) is 0.113. The molecule has 1 atom stereocenters. The number of rotatable bonds is 8. The van der Waals surface area contributed by atoms with Crippen molar-refractivity contribution in [3.05, 3.63) is 123 Å². The second-order valence-corrected chi connectivity index (χ2v) is 11.8. The predicted octanol–water partition coefficient (Wildman–Crippen LogP) is 6.93. The van der Waals surface area contributed by atoms with E-state index in [1.807, 2.05) is 66.7 Å². The highest BCUT2D eigenvalue weighted by Gasteiger charge is 2.24. The Balaban J connectivity index is 1.49. The van der Waals surface area contributed by atoms with E-state index < -0.39 is 17.9 Å². The Bertz CT molecular complexity index is 1510. The van der Waals surface area contributed by atoms with Crippen LogP contribution in [-0.2, 0) is 16.6 Å². The van der Waals surface area contributed by atoms with Crippen LogP contribution in [0, 0.1) is 3.57 Å². The Kier molecular flexibility index (Phi) is 9.04. The number of aliphatic carboxylic acids is 1. The number of halogens is 1. The number of hydrogen-bond donors (Lipinski definition) is 3. The first kappa shape index (κ1) is 29.0. The third-order valence-corrected chi connectivity index (χ3v) is 7.26. The average molecular weight is 647 g/mol. The highest BCUT2D eigenvalue weighted by molar-refractivity contribution is 14.1. The van der Waals surface area contributed by atoms with Crippen molar-refractivity contribution in [1.29, 1.82) is 0 Å². The van der Waals surface area contributed by atoms with Crippen molar-refractivity contribution in [1.82, 2.24) is 5.32 Å². The number of carbonyl (C=O) groups excluding carboxylic acids is 2. The maximum atomic E-state index is 13.3. The summed E-state index contributed by atoms with van der Waals surface area (Å²) in [6, 6.07) is 28.7. The minimum Gasteiger partial charge on any atom is -0.480 e. The zero-order valence-corrected chi connectivity index (χ0v) is 24.7. The van der Waals surface area contributed by atoms with E-state index in [-0.39, 0.29) is 23.3 Å². The molecule has 4 aromatic carbocycles.